The van der Waals surface area contributed by atoms with Gasteiger partial charge < -0.3 is 14.8 Å². The summed E-state index contributed by atoms with van der Waals surface area (Å²) in [6.07, 6.45) is 4.93. The third-order valence-corrected chi connectivity index (χ3v) is 3.96. The highest BCUT2D eigenvalue weighted by Gasteiger charge is 2.18. The zero-order chi connectivity index (χ0) is 19.8. The predicted molar refractivity (Wildman–Crippen MR) is 107 cm³/mol. The van der Waals surface area contributed by atoms with Crippen molar-refractivity contribution in [2.45, 2.75) is 6.92 Å². The molecule has 5 nitrogen and oxygen atoms in total. The highest BCUT2D eigenvalue weighted by atomic mass is 35.5. The Morgan fingerprint density at radius 1 is 1.07 bits per heavy atom. The number of ether oxygens (including phenoxy) is 2. The van der Waals surface area contributed by atoms with Gasteiger partial charge in [0.2, 0.25) is 0 Å². The highest BCUT2D eigenvalue weighted by molar-refractivity contribution is 6.33. The number of methoxy groups -OCH3 is 2. The molecule has 0 aromatic heterocycles. The molecule has 0 aliphatic heterocycles. The molecule has 0 fully saturated rings. The second kappa shape index (κ2) is 9.59. The zero-order valence-electron chi connectivity index (χ0n) is 15.3. The van der Waals surface area contributed by atoms with Crippen molar-refractivity contribution in [2.75, 3.05) is 19.5 Å². The maximum Gasteiger partial charge on any atom is 0.259 e. The minimum Gasteiger partial charge on any atom is -0.497 e. The van der Waals surface area contributed by atoms with E-state index in [1.807, 2.05) is 30.3 Å². The molecule has 27 heavy (non-hydrogen) atoms. The largest absolute Gasteiger partial charge is 0.497 e. The number of nitrogens with one attached hydrogen (secondary N) is 1. The van der Waals surface area contributed by atoms with Gasteiger partial charge in [0.25, 0.3) is 5.91 Å². The summed E-state index contributed by atoms with van der Waals surface area (Å²) in [6, 6.07) is 12.7. The SMILES string of the molecule is COc1cc(Cl)c(OC)c(NC(=O)/C(=C/C=C/c2ccccc2)C(C)=O)c1. The summed E-state index contributed by atoms with van der Waals surface area (Å²) < 4.78 is 10.4. The van der Waals surface area contributed by atoms with E-state index in [-0.39, 0.29) is 22.1 Å². The molecule has 2 aromatic carbocycles. The number of Topliss-reactive ketones (excluding diaryl/α,β-unsaturated/α-hetero) is 1. The normalized spacial score (nSPS) is 11.3. The molecule has 0 bridgehead atoms. The summed E-state index contributed by atoms with van der Waals surface area (Å²) >= 11 is 6.14. The summed E-state index contributed by atoms with van der Waals surface area (Å²) in [5, 5.41) is 2.94. The Bertz CT molecular complexity index is 889. The first kappa shape index (κ1) is 20.3. The summed E-state index contributed by atoms with van der Waals surface area (Å²) in [5.41, 5.74) is 1.27. The first-order chi connectivity index (χ1) is 13.0. The van der Waals surface area contributed by atoms with Gasteiger partial charge in [-0.05, 0) is 18.6 Å². The average Bonchev–Trinajstić information content (AvgIpc) is 2.65. The van der Waals surface area contributed by atoms with Crippen molar-refractivity contribution in [3.63, 3.8) is 0 Å². The number of hydrogen-bond acceptors (Lipinski definition) is 4. The van der Waals surface area contributed by atoms with Crippen LogP contribution >= 0.6 is 11.6 Å². The molecule has 1 N–H and O–H groups in total. The number of carbonyl (C=O) groups excluding carboxylic acids is 2. The van der Waals surface area contributed by atoms with E-state index >= 15 is 0 Å². The van der Waals surface area contributed by atoms with Crippen molar-refractivity contribution in [2.24, 2.45) is 0 Å². The Morgan fingerprint density at radius 3 is 2.37 bits per heavy atom. The molecule has 0 saturated heterocycles. The number of hydrogen-bond donors (Lipinski definition) is 1. The number of amides is 1. The molecule has 0 atom stereocenters. The fourth-order valence-corrected chi connectivity index (χ4v) is 2.64. The third kappa shape index (κ3) is 5.46. The van der Waals surface area contributed by atoms with Crippen molar-refractivity contribution in [3.05, 3.63) is 70.8 Å². The van der Waals surface area contributed by atoms with Crippen LogP contribution < -0.4 is 14.8 Å². The first-order valence-corrected chi connectivity index (χ1v) is 8.51. The Labute approximate surface area is 163 Å². The van der Waals surface area contributed by atoms with Crippen LogP contribution in [0, 0.1) is 0 Å². The van der Waals surface area contributed by atoms with E-state index < -0.39 is 5.91 Å². The van der Waals surface area contributed by atoms with Crippen LogP contribution in [0.5, 0.6) is 11.5 Å². The number of benzene rings is 2. The molecule has 1 amide bonds. The number of rotatable bonds is 7. The number of halogens is 1. The maximum atomic E-state index is 12.6. The number of carbonyl (C=O) groups is 2. The lowest BCUT2D eigenvalue weighted by molar-refractivity contribution is -0.118. The Kier molecular flexibility index (Phi) is 7.20. The van der Waals surface area contributed by atoms with E-state index in [1.54, 1.807) is 24.3 Å². The van der Waals surface area contributed by atoms with Crippen molar-refractivity contribution < 1.29 is 19.1 Å². The molecule has 6 heteroatoms. The van der Waals surface area contributed by atoms with Crippen LogP contribution in [0.4, 0.5) is 5.69 Å². The van der Waals surface area contributed by atoms with Gasteiger partial charge in [-0.25, -0.2) is 0 Å². The zero-order valence-corrected chi connectivity index (χ0v) is 16.0. The van der Waals surface area contributed by atoms with E-state index in [2.05, 4.69) is 5.32 Å². The minimum absolute atomic E-state index is 0.00294. The van der Waals surface area contributed by atoms with Gasteiger partial charge in [0.1, 0.15) is 5.75 Å². The van der Waals surface area contributed by atoms with Gasteiger partial charge in [-0.1, -0.05) is 54.1 Å². The third-order valence-electron chi connectivity index (χ3n) is 3.68. The van der Waals surface area contributed by atoms with Crippen LogP contribution in [-0.4, -0.2) is 25.9 Å². The fraction of sp³-hybridized carbons (Fsp3) is 0.143. The van der Waals surface area contributed by atoms with E-state index in [1.165, 1.54) is 27.2 Å². The monoisotopic (exact) mass is 385 g/mol. The molecule has 2 rings (SSSR count). The molecule has 0 aliphatic rings. The molecule has 0 radical (unpaired) electrons. The molecule has 0 unspecified atom stereocenters. The van der Waals surface area contributed by atoms with E-state index in [0.29, 0.717) is 11.4 Å². The second-order valence-electron chi connectivity index (χ2n) is 5.55. The lowest BCUT2D eigenvalue weighted by Crippen LogP contribution is -2.19. The summed E-state index contributed by atoms with van der Waals surface area (Å²) in [6.45, 7) is 1.33. The van der Waals surface area contributed by atoms with Crippen LogP contribution in [0.3, 0.4) is 0 Å². The smallest absolute Gasteiger partial charge is 0.259 e. The summed E-state index contributed by atoms with van der Waals surface area (Å²) in [4.78, 5) is 24.5. The molecule has 0 saturated carbocycles. The van der Waals surface area contributed by atoms with E-state index in [9.17, 15) is 9.59 Å². The quantitative estimate of drug-likeness (QED) is 0.329. The molecule has 0 spiro atoms. The van der Waals surface area contributed by atoms with Crippen molar-refractivity contribution in [1.82, 2.24) is 0 Å². The van der Waals surface area contributed by atoms with Crippen LogP contribution in [0.2, 0.25) is 5.02 Å². The number of anilines is 1. The fourth-order valence-electron chi connectivity index (χ4n) is 2.35. The molecular weight excluding hydrogens is 366 g/mol. The second-order valence-corrected chi connectivity index (χ2v) is 5.96. The van der Waals surface area contributed by atoms with E-state index in [4.69, 9.17) is 21.1 Å². The Morgan fingerprint density at radius 2 is 1.78 bits per heavy atom. The molecular formula is C21H20ClNO4. The van der Waals surface area contributed by atoms with Crippen LogP contribution in [0.25, 0.3) is 6.08 Å². The Balaban J connectivity index is 2.28. The number of ketones is 1. The van der Waals surface area contributed by atoms with Gasteiger partial charge in [-0.2, -0.15) is 0 Å². The highest BCUT2D eigenvalue weighted by Crippen LogP contribution is 2.37. The van der Waals surface area contributed by atoms with Crippen molar-refractivity contribution in [3.8, 4) is 11.5 Å². The van der Waals surface area contributed by atoms with Crippen LogP contribution in [0.15, 0.2) is 60.2 Å². The minimum atomic E-state index is -0.567. The lowest BCUT2D eigenvalue weighted by Gasteiger charge is -2.14. The van der Waals surface area contributed by atoms with Gasteiger partial charge in [0.15, 0.2) is 11.5 Å². The summed E-state index contributed by atoms with van der Waals surface area (Å²) in [5.74, 6) is -0.192. The van der Waals surface area contributed by atoms with Crippen LogP contribution in [0.1, 0.15) is 12.5 Å². The van der Waals surface area contributed by atoms with Crippen LogP contribution in [-0.2, 0) is 9.59 Å². The predicted octanol–water partition coefficient (Wildman–Crippen LogP) is 4.52. The first-order valence-electron chi connectivity index (χ1n) is 8.13. The Hall–Kier alpha value is -3.05. The molecule has 2 aromatic rings. The van der Waals surface area contributed by atoms with Crippen molar-refractivity contribution in [1.29, 1.82) is 0 Å². The van der Waals surface area contributed by atoms with E-state index in [0.717, 1.165) is 5.56 Å². The number of allylic oxidation sites excluding steroid dienone is 2. The van der Waals surface area contributed by atoms with Crippen molar-refractivity contribution >= 4 is 35.1 Å². The lowest BCUT2D eigenvalue weighted by atomic mass is 10.1. The maximum absolute atomic E-state index is 12.6. The molecule has 140 valence electrons. The topological polar surface area (TPSA) is 64.6 Å². The standard InChI is InChI=1S/C21H20ClNO4/c1-14(24)17(11-7-10-15-8-5-4-6-9-15)21(25)23-19-13-16(26-2)12-18(22)20(19)27-3/h4-13H,1-3H3,(H,23,25)/b10-7+,17-11+. The van der Waals surface area contributed by atoms with Gasteiger partial charge in [-0.3, -0.25) is 9.59 Å². The summed E-state index contributed by atoms with van der Waals surface area (Å²) in [7, 11) is 2.92. The van der Waals surface area contributed by atoms with Gasteiger partial charge in [0, 0.05) is 12.1 Å². The molecule has 0 heterocycles. The average molecular weight is 386 g/mol. The van der Waals surface area contributed by atoms with Gasteiger partial charge in [0.05, 0.1) is 30.5 Å². The van der Waals surface area contributed by atoms with Gasteiger partial charge >= 0.3 is 0 Å². The molecule has 0 aliphatic carbocycles. The van der Waals surface area contributed by atoms with Gasteiger partial charge in [-0.15, -0.1) is 0 Å².